The summed E-state index contributed by atoms with van der Waals surface area (Å²) in [6.45, 7) is 2.07. The SMILES string of the molecule is Cc1cccc(-c2cnc3cc(-c4ccnc(F)c4)ccn23)c1. The molecule has 112 valence electrons. The van der Waals surface area contributed by atoms with Crippen molar-refractivity contribution >= 4 is 5.65 Å². The van der Waals surface area contributed by atoms with Gasteiger partial charge in [0.15, 0.2) is 0 Å². The Kier molecular flexibility index (Phi) is 3.15. The summed E-state index contributed by atoms with van der Waals surface area (Å²) in [6, 6.07) is 15.4. The minimum Gasteiger partial charge on any atom is -0.300 e. The van der Waals surface area contributed by atoms with E-state index in [-0.39, 0.29) is 0 Å². The van der Waals surface area contributed by atoms with Crippen LogP contribution in [0.1, 0.15) is 5.56 Å². The fraction of sp³-hybridized carbons (Fsp3) is 0.0526. The number of benzene rings is 1. The average molecular weight is 303 g/mol. The van der Waals surface area contributed by atoms with E-state index in [2.05, 4.69) is 35.1 Å². The topological polar surface area (TPSA) is 30.2 Å². The van der Waals surface area contributed by atoms with Crippen LogP contribution in [0.4, 0.5) is 4.39 Å². The fourth-order valence-electron chi connectivity index (χ4n) is 2.76. The van der Waals surface area contributed by atoms with Gasteiger partial charge in [-0.25, -0.2) is 9.97 Å². The second-order valence-corrected chi connectivity index (χ2v) is 5.52. The molecule has 0 aliphatic rings. The quantitative estimate of drug-likeness (QED) is 0.510. The van der Waals surface area contributed by atoms with Crippen LogP contribution in [0.2, 0.25) is 0 Å². The van der Waals surface area contributed by atoms with E-state index in [0.29, 0.717) is 0 Å². The smallest absolute Gasteiger partial charge is 0.213 e. The van der Waals surface area contributed by atoms with Gasteiger partial charge in [-0.1, -0.05) is 23.8 Å². The zero-order valence-electron chi connectivity index (χ0n) is 12.6. The van der Waals surface area contributed by atoms with Crippen LogP contribution >= 0.6 is 0 Å². The summed E-state index contributed by atoms with van der Waals surface area (Å²) in [5.41, 5.74) is 5.91. The number of aryl methyl sites for hydroxylation is 1. The lowest BCUT2D eigenvalue weighted by atomic mass is 10.1. The van der Waals surface area contributed by atoms with Crippen LogP contribution in [0, 0.1) is 12.9 Å². The number of hydrogen-bond acceptors (Lipinski definition) is 2. The number of hydrogen-bond donors (Lipinski definition) is 0. The molecule has 3 nitrogen and oxygen atoms in total. The average Bonchev–Trinajstić information content (AvgIpc) is 2.98. The van der Waals surface area contributed by atoms with Gasteiger partial charge in [0.2, 0.25) is 5.95 Å². The zero-order chi connectivity index (χ0) is 15.8. The molecular formula is C19H14FN3. The Labute approximate surface area is 133 Å². The maximum absolute atomic E-state index is 13.3. The Hall–Kier alpha value is -3.01. The van der Waals surface area contributed by atoms with Crippen LogP contribution in [0.3, 0.4) is 0 Å². The van der Waals surface area contributed by atoms with Gasteiger partial charge < -0.3 is 0 Å². The number of rotatable bonds is 2. The molecule has 4 aromatic rings. The molecule has 4 heteroatoms. The summed E-state index contributed by atoms with van der Waals surface area (Å²) in [6.07, 6.45) is 5.30. The van der Waals surface area contributed by atoms with Crippen molar-refractivity contribution in [1.82, 2.24) is 14.4 Å². The number of imidazole rings is 1. The maximum Gasteiger partial charge on any atom is 0.213 e. The van der Waals surface area contributed by atoms with Gasteiger partial charge in [0, 0.05) is 24.0 Å². The lowest BCUT2D eigenvalue weighted by molar-refractivity contribution is 0.584. The second kappa shape index (κ2) is 5.32. The first-order chi connectivity index (χ1) is 11.2. The number of fused-ring (bicyclic) bond motifs is 1. The molecule has 0 spiro atoms. The van der Waals surface area contributed by atoms with Crippen LogP contribution in [0.25, 0.3) is 28.0 Å². The molecule has 23 heavy (non-hydrogen) atoms. The highest BCUT2D eigenvalue weighted by atomic mass is 19.1. The van der Waals surface area contributed by atoms with Crippen molar-refractivity contribution < 1.29 is 4.39 Å². The molecule has 0 unspecified atom stereocenters. The number of pyridine rings is 2. The summed E-state index contributed by atoms with van der Waals surface area (Å²) in [4.78, 5) is 8.08. The molecule has 0 amide bonds. The van der Waals surface area contributed by atoms with E-state index in [1.54, 1.807) is 6.07 Å². The van der Waals surface area contributed by atoms with E-state index in [1.165, 1.54) is 17.8 Å². The molecule has 3 aromatic heterocycles. The van der Waals surface area contributed by atoms with Crippen molar-refractivity contribution in [2.45, 2.75) is 6.92 Å². The van der Waals surface area contributed by atoms with Crippen molar-refractivity contribution in [3.63, 3.8) is 0 Å². The van der Waals surface area contributed by atoms with E-state index in [4.69, 9.17) is 0 Å². The highest BCUT2D eigenvalue weighted by molar-refractivity contribution is 5.70. The van der Waals surface area contributed by atoms with Crippen LogP contribution < -0.4 is 0 Å². The molecule has 0 aliphatic heterocycles. The Morgan fingerprint density at radius 1 is 0.913 bits per heavy atom. The molecule has 0 saturated heterocycles. The maximum atomic E-state index is 13.3. The summed E-state index contributed by atoms with van der Waals surface area (Å²) in [5.74, 6) is -0.480. The molecule has 0 bridgehead atoms. The second-order valence-electron chi connectivity index (χ2n) is 5.52. The van der Waals surface area contributed by atoms with Gasteiger partial charge in [-0.05, 0) is 42.3 Å². The molecule has 4 rings (SSSR count). The minimum atomic E-state index is -0.480. The first-order valence-corrected chi connectivity index (χ1v) is 7.37. The third-order valence-corrected chi connectivity index (χ3v) is 3.89. The van der Waals surface area contributed by atoms with E-state index >= 15 is 0 Å². The molecular weight excluding hydrogens is 289 g/mol. The van der Waals surface area contributed by atoms with Gasteiger partial charge in [0.05, 0.1) is 11.9 Å². The first-order valence-electron chi connectivity index (χ1n) is 7.37. The van der Waals surface area contributed by atoms with Gasteiger partial charge >= 0.3 is 0 Å². The molecule has 0 radical (unpaired) electrons. The van der Waals surface area contributed by atoms with Crippen molar-refractivity contribution in [2.75, 3.05) is 0 Å². The fourth-order valence-corrected chi connectivity index (χ4v) is 2.76. The van der Waals surface area contributed by atoms with Crippen molar-refractivity contribution in [1.29, 1.82) is 0 Å². The first kappa shape index (κ1) is 13.6. The van der Waals surface area contributed by atoms with Gasteiger partial charge in [-0.2, -0.15) is 4.39 Å². The molecule has 0 aliphatic carbocycles. The van der Waals surface area contributed by atoms with Crippen molar-refractivity contribution in [2.24, 2.45) is 0 Å². The molecule has 0 N–H and O–H groups in total. The largest absolute Gasteiger partial charge is 0.300 e. The molecule has 0 saturated carbocycles. The standard InChI is InChI=1S/C19H14FN3/c1-13-3-2-4-16(9-13)17-12-22-19-11-15(6-8-23(17)19)14-5-7-21-18(20)10-14/h2-12H,1H3. The van der Waals surface area contributed by atoms with Gasteiger partial charge in [0.1, 0.15) is 5.65 Å². The predicted octanol–water partition coefficient (Wildman–Crippen LogP) is 4.51. The van der Waals surface area contributed by atoms with Crippen LogP contribution in [-0.4, -0.2) is 14.4 Å². The highest BCUT2D eigenvalue weighted by Gasteiger charge is 2.08. The zero-order valence-corrected chi connectivity index (χ0v) is 12.6. The molecule has 3 heterocycles. The number of nitrogens with zero attached hydrogens (tertiary/aromatic N) is 3. The summed E-state index contributed by atoms with van der Waals surface area (Å²) < 4.78 is 15.3. The van der Waals surface area contributed by atoms with Gasteiger partial charge in [-0.15, -0.1) is 0 Å². The van der Waals surface area contributed by atoms with E-state index in [1.807, 2.05) is 35.0 Å². The Morgan fingerprint density at radius 2 is 1.78 bits per heavy atom. The third-order valence-electron chi connectivity index (χ3n) is 3.89. The van der Waals surface area contributed by atoms with Crippen LogP contribution in [0.15, 0.2) is 67.1 Å². The van der Waals surface area contributed by atoms with E-state index in [9.17, 15) is 4.39 Å². The summed E-state index contributed by atoms with van der Waals surface area (Å²) in [5, 5.41) is 0. The molecule has 1 aromatic carbocycles. The Morgan fingerprint density at radius 3 is 2.61 bits per heavy atom. The summed E-state index contributed by atoms with van der Waals surface area (Å²) in [7, 11) is 0. The lowest BCUT2D eigenvalue weighted by Crippen LogP contribution is -1.90. The van der Waals surface area contributed by atoms with Crippen molar-refractivity contribution in [3.05, 3.63) is 78.6 Å². The highest BCUT2D eigenvalue weighted by Crippen LogP contribution is 2.25. The molecule has 0 atom stereocenters. The van der Waals surface area contributed by atoms with Gasteiger partial charge in [0.25, 0.3) is 0 Å². The monoisotopic (exact) mass is 303 g/mol. The van der Waals surface area contributed by atoms with Gasteiger partial charge in [-0.3, -0.25) is 4.40 Å². The third kappa shape index (κ3) is 2.48. The Bertz CT molecular complexity index is 1000. The van der Waals surface area contributed by atoms with Crippen LogP contribution in [0.5, 0.6) is 0 Å². The normalized spacial score (nSPS) is 11.0. The Balaban J connectivity index is 1.83. The van der Waals surface area contributed by atoms with E-state index < -0.39 is 5.95 Å². The number of halogens is 1. The minimum absolute atomic E-state index is 0.480. The molecule has 0 fully saturated rings. The summed E-state index contributed by atoms with van der Waals surface area (Å²) >= 11 is 0. The number of aromatic nitrogens is 3. The van der Waals surface area contributed by atoms with Crippen molar-refractivity contribution in [3.8, 4) is 22.4 Å². The predicted molar refractivity (Wildman–Crippen MR) is 88.6 cm³/mol. The lowest BCUT2D eigenvalue weighted by Gasteiger charge is -2.05. The van der Waals surface area contributed by atoms with Crippen LogP contribution in [-0.2, 0) is 0 Å². The van der Waals surface area contributed by atoms with E-state index in [0.717, 1.165) is 28.0 Å².